The van der Waals surface area contributed by atoms with E-state index in [1.807, 2.05) is 7.05 Å². The Morgan fingerprint density at radius 3 is 2.64 bits per heavy atom. The van der Waals surface area contributed by atoms with Crippen molar-refractivity contribution in [3.63, 3.8) is 0 Å². The normalized spacial score (nSPS) is 18.9. The molecule has 0 saturated heterocycles. The number of nitrogens with one attached hydrogen (secondary N) is 1. The summed E-state index contributed by atoms with van der Waals surface area (Å²) in [5.74, 6) is 2.65. The molecule has 1 atom stereocenters. The Hall–Kier alpha value is -0.900. The molecule has 14 heavy (non-hydrogen) atoms. The lowest BCUT2D eigenvalue weighted by molar-refractivity contribution is 0.298. The molecule has 78 valence electrons. The number of hydrogen-bond donors (Lipinski definition) is 1. The van der Waals surface area contributed by atoms with Crippen molar-refractivity contribution < 1.29 is 4.52 Å². The van der Waals surface area contributed by atoms with Gasteiger partial charge in [0.05, 0.1) is 6.04 Å². The average molecular weight is 195 g/mol. The van der Waals surface area contributed by atoms with Gasteiger partial charge in [-0.15, -0.1) is 0 Å². The summed E-state index contributed by atoms with van der Waals surface area (Å²) < 4.78 is 5.26. The zero-order valence-electron chi connectivity index (χ0n) is 8.95. The van der Waals surface area contributed by atoms with Crippen LogP contribution in [0.25, 0.3) is 0 Å². The van der Waals surface area contributed by atoms with Crippen LogP contribution in [0.3, 0.4) is 0 Å². The average Bonchev–Trinajstić information content (AvgIpc) is 2.88. The van der Waals surface area contributed by atoms with Crippen LogP contribution in [0.1, 0.15) is 50.4 Å². The molecule has 4 heteroatoms. The van der Waals surface area contributed by atoms with E-state index in [9.17, 15) is 0 Å². The highest BCUT2D eigenvalue weighted by Crippen LogP contribution is 2.38. The van der Waals surface area contributed by atoms with Gasteiger partial charge in [-0.2, -0.15) is 4.98 Å². The fourth-order valence-corrected chi connectivity index (χ4v) is 1.62. The molecule has 1 heterocycles. The van der Waals surface area contributed by atoms with Gasteiger partial charge in [-0.3, -0.25) is 0 Å². The van der Waals surface area contributed by atoms with Gasteiger partial charge in [-0.1, -0.05) is 19.0 Å². The molecule has 0 radical (unpaired) electrons. The van der Waals surface area contributed by atoms with Crippen LogP contribution in [0.15, 0.2) is 4.52 Å². The molecule has 4 nitrogen and oxygen atoms in total. The third kappa shape index (κ3) is 1.80. The Morgan fingerprint density at radius 1 is 1.43 bits per heavy atom. The minimum atomic E-state index is 0.176. The molecule has 0 amide bonds. The van der Waals surface area contributed by atoms with Crippen LogP contribution in [0.5, 0.6) is 0 Å². The molecule has 0 bridgehead atoms. The van der Waals surface area contributed by atoms with E-state index in [1.54, 1.807) is 0 Å². The fraction of sp³-hybridized carbons (Fsp3) is 0.800. The van der Waals surface area contributed by atoms with E-state index in [0.717, 1.165) is 11.7 Å². The van der Waals surface area contributed by atoms with Crippen LogP contribution in [0.4, 0.5) is 0 Å². The van der Waals surface area contributed by atoms with Crippen LogP contribution in [-0.4, -0.2) is 17.2 Å². The molecule has 0 unspecified atom stereocenters. The van der Waals surface area contributed by atoms with Gasteiger partial charge in [0, 0.05) is 5.92 Å². The van der Waals surface area contributed by atoms with Crippen LogP contribution < -0.4 is 5.32 Å². The van der Waals surface area contributed by atoms with Gasteiger partial charge < -0.3 is 9.84 Å². The highest BCUT2D eigenvalue weighted by Gasteiger charge is 2.30. The third-order valence-corrected chi connectivity index (χ3v) is 2.64. The molecule has 2 rings (SSSR count). The summed E-state index contributed by atoms with van der Waals surface area (Å²) in [7, 11) is 1.92. The van der Waals surface area contributed by atoms with E-state index in [4.69, 9.17) is 4.52 Å². The second-order valence-electron chi connectivity index (χ2n) is 4.28. The van der Waals surface area contributed by atoms with Crippen molar-refractivity contribution >= 4 is 0 Å². The lowest BCUT2D eigenvalue weighted by Gasteiger charge is -2.14. The first-order valence-electron chi connectivity index (χ1n) is 5.23. The maximum absolute atomic E-state index is 5.26. The zero-order valence-corrected chi connectivity index (χ0v) is 8.95. The summed E-state index contributed by atoms with van der Waals surface area (Å²) in [6, 6.07) is 0.176. The summed E-state index contributed by atoms with van der Waals surface area (Å²) in [5.41, 5.74) is 0. The summed E-state index contributed by atoms with van der Waals surface area (Å²) in [6.07, 6.45) is 2.43. The number of hydrogen-bond acceptors (Lipinski definition) is 4. The minimum Gasteiger partial charge on any atom is -0.338 e. The summed E-state index contributed by atoms with van der Waals surface area (Å²) in [5, 5.41) is 7.20. The van der Waals surface area contributed by atoms with Gasteiger partial charge in [0.25, 0.3) is 0 Å². The molecule has 1 fully saturated rings. The Morgan fingerprint density at radius 2 is 2.14 bits per heavy atom. The van der Waals surface area contributed by atoms with Gasteiger partial charge in [0.1, 0.15) is 0 Å². The lowest BCUT2D eigenvalue weighted by Crippen LogP contribution is -2.22. The van der Waals surface area contributed by atoms with Gasteiger partial charge in [0.2, 0.25) is 5.89 Å². The minimum absolute atomic E-state index is 0.176. The Balaban J connectivity index is 2.13. The van der Waals surface area contributed by atoms with Crippen molar-refractivity contribution in [1.82, 2.24) is 15.5 Å². The summed E-state index contributed by atoms with van der Waals surface area (Å²) in [4.78, 5) is 4.42. The third-order valence-electron chi connectivity index (χ3n) is 2.64. The highest BCUT2D eigenvalue weighted by atomic mass is 16.5. The van der Waals surface area contributed by atoms with Crippen molar-refractivity contribution in [2.45, 2.75) is 38.6 Å². The second-order valence-corrected chi connectivity index (χ2v) is 4.28. The summed E-state index contributed by atoms with van der Waals surface area (Å²) >= 11 is 0. The first kappa shape index (κ1) is 9.65. The zero-order chi connectivity index (χ0) is 10.1. The first-order chi connectivity index (χ1) is 6.72. The molecule has 1 aromatic rings. The van der Waals surface area contributed by atoms with Crippen molar-refractivity contribution in [3.05, 3.63) is 11.7 Å². The van der Waals surface area contributed by atoms with Crippen molar-refractivity contribution in [1.29, 1.82) is 0 Å². The largest absolute Gasteiger partial charge is 0.338 e. The number of rotatable bonds is 4. The molecule has 1 aromatic heterocycles. The van der Waals surface area contributed by atoms with Crippen molar-refractivity contribution in [3.8, 4) is 0 Å². The molecular formula is C10H17N3O. The maximum Gasteiger partial charge on any atom is 0.244 e. The van der Waals surface area contributed by atoms with Crippen LogP contribution in [0.2, 0.25) is 0 Å². The topological polar surface area (TPSA) is 51.0 Å². The van der Waals surface area contributed by atoms with Crippen molar-refractivity contribution in [2.24, 2.45) is 5.92 Å². The molecular weight excluding hydrogens is 178 g/mol. The lowest BCUT2D eigenvalue weighted by atomic mass is 10.1. The molecule has 1 aliphatic carbocycles. The van der Waals surface area contributed by atoms with Crippen LogP contribution >= 0.6 is 0 Å². The molecule has 0 aromatic carbocycles. The van der Waals surface area contributed by atoms with Crippen LogP contribution in [0, 0.1) is 5.92 Å². The van der Waals surface area contributed by atoms with Gasteiger partial charge >= 0.3 is 0 Å². The first-order valence-corrected chi connectivity index (χ1v) is 5.23. The second kappa shape index (κ2) is 3.69. The van der Waals surface area contributed by atoms with E-state index >= 15 is 0 Å². The van der Waals surface area contributed by atoms with Crippen molar-refractivity contribution in [2.75, 3.05) is 7.05 Å². The molecule has 0 aliphatic heterocycles. The molecule has 1 aliphatic rings. The highest BCUT2D eigenvalue weighted by molar-refractivity contribution is 5.05. The fourth-order valence-electron chi connectivity index (χ4n) is 1.62. The van der Waals surface area contributed by atoms with E-state index in [1.165, 1.54) is 12.8 Å². The molecule has 1 N–H and O–H groups in total. The standard InChI is InChI=1S/C10H17N3O/c1-6(2)8(11-3)10-12-9(13-14-10)7-4-5-7/h6-8,11H,4-5H2,1-3H3/t8-/m0/s1. The van der Waals surface area contributed by atoms with Crippen LogP contribution in [-0.2, 0) is 0 Å². The van der Waals surface area contributed by atoms with Gasteiger partial charge in [0.15, 0.2) is 5.82 Å². The molecule has 1 saturated carbocycles. The quantitative estimate of drug-likeness (QED) is 0.796. The molecule has 0 spiro atoms. The maximum atomic E-state index is 5.26. The smallest absolute Gasteiger partial charge is 0.244 e. The van der Waals surface area contributed by atoms with E-state index in [-0.39, 0.29) is 6.04 Å². The number of nitrogens with zero attached hydrogens (tertiary/aromatic N) is 2. The predicted octanol–water partition coefficient (Wildman–Crippen LogP) is 1.86. The SMILES string of the molecule is CN[C@H](c1nc(C2CC2)no1)C(C)C. The summed E-state index contributed by atoms with van der Waals surface area (Å²) in [6.45, 7) is 4.28. The Labute approximate surface area is 84.1 Å². The van der Waals surface area contributed by atoms with E-state index < -0.39 is 0 Å². The Bertz CT molecular complexity index is 304. The Kier molecular flexibility index (Phi) is 2.54. The van der Waals surface area contributed by atoms with Gasteiger partial charge in [-0.25, -0.2) is 0 Å². The monoisotopic (exact) mass is 195 g/mol. The van der Waals surface area contributed by atoms with E-state index in [2.05, 4.69) is 29.3 Å². The number of aromatic nitrogens is 2. The van der Waals surface area contributed by atoms with Gasteiger partial charge in [-0.05, 0) is 25.8 Å². The van der Waals surface area contributed by atoms with E-state index in [0.29, 0.717) is 11.8 Å². The predicted molar refractivity (Wildman–Crippen MR) is 52.9 cm³/mol.